The van der Waals surface area contributed by atoms with Crippen LogP contribution < -0.4 is 11.5 Å². The minimum Gasteiger partial charge on any atom is -0.390 e. The number of pyridine rings is 1. The first-order chi connectivity index (χ1) is 7.63. The molecule has 0 radical (unpaired) electrons. The first-order valence-electron chi connectivity index (χ1n) is 4.74. The fourth-order valence-corrected chi connectivity index (χ4v) is 1.11. The van der Waals surface area contributed by atoms with Crippen molar-refractivity contribution in [1.82, 2.24) is 4.98 Å². The van der Waals surface area contributed by atoms with Crippen LogP contribution in [0.25, 0.3) is 0 Å². The van der Waals surface area contributed by atoms with E-state index in [0.717, 1.165) is 0 Å². The molecule has 1 unspecified atom stereocenters. The number of nitrogens with two attached hydrogens (primary N) is 2. The number of nitrogens with zero attached hydrogens (tertiary/aromatic N) is 2. The molecule has 0 spiro atoms. The van der Waals surface area contributed by atoms with E-state index in [1.165, 1.54) is 6.34 Å². The summed E-state index contributed by atoms with van der Waals surface area (Å²) in [5.74, 6) is -0.0162. The van der Waals surface area contributed by atoms with E-state index in [1.807, 2.05) is 0 Å². The Kier molecular flexibility index (Phi) is 4.41. The van der Waals surface area contributed by atoms with Gasteiger partial charge in [-0.2, -0.15) is 0 Å². The summed E-state index contributed by atoms with van der Waals surface area (Å²) in [4.78, 5) is 18.6. The van der Waals surface area contributed by atoms with E-state index in [4.69, 9.17) is 16.2 Å². The molecule has 0 aliphatic carbocycles. The van der Waals surface area contributed by atoms with Crippen LogP contribution in [0.3, 0.4) is 0 Å². The van der Waals surface area contributed by atoms with Crippen LogP contribution in [-0.4, -0.2) is 23.8 Å². The topological polar surface area (TPSA) is 104 Å². The number of rotatable bonds is 5. The zero-order valence-corrected chi connectivity index (χ0v) is 8.96. The second kappa shape index (κ2) is 5.82. The number of ether oxygens (including phenoxy) is 1. The van der Waals surface area contributed by atoms with Crippen LogP contribution in [-0.2, 0) is 9.53 Å². The molecule has 0 saturated carbocycles. The van der Waals surface area contributed by atoms with E-state index in [0.29, 0.717) is 11.5 Å². The normalized spacial score (nSPS) is 12.8. The number of aromatic nitrogens is 1. The third-order valence-corrected chi connectivity index (χ3v) is 1.85. The Morgan fingerprint density at radius 3 is 3.06 bits per heavy atom. The Hall–Kier alpha value is -1.95. The van der Waals surface area contributed by atoms with Crippen molar-refractivity contribution in [2.24, 2.45) is 16.5 Å². The first kappa shape index (κ1) is 12.1. The lowest BCUT2D eigenvalue weighted by molar-refractivity contribution is -0.124. The smallest absolute Gasteiger partial charge is 0.243 e. The van der Waals surface area contributed by atoms with E-state index in [2.05, 4.69) is 9.98 Å². The van der Waals surface area contributed by atoms with Crippen LogP contribution in [0, 0.1) is 0 Å². The van der Waals surface area contributed by atoms with Gasteiger partial charge in [-0.25, -0.2) is 9.98 Å². The maximum atomic E-state index is 10.5. The summed E-state index contributed by atoms with van der Waals surface area (Å²) in [6.45, 7) is 1.65. The van der Waals surface area contributed by atoms with E-state index in [1.54, 1.807) is 25.1 Å². The van der Waals surface area contributed by atoms with Crippen LogP contribution in [0.4, 0.5) is 5.82 Å². The molecule has 6 nitrogen and oxygen atoms in total. The number of amides is 1. The number of aliphatic imine (C=N–C) groups is 1. The Morgan fingerprint density at radius 2 is 2.44 bits per heavy atom. The third-order valence-electron chi connectivity index (χ3n) is 1.85. The van der Waals surface area contributed by atoms with Crippen molar-refractivity contribution in [2.75, 3.05) is 6.61 Å². The van der Waals surface area contributed by atoms with Crippen LogP contribution in [0.15, 0.2) is 23.2 Å². The Morgan fingerprint density at radius 1 is 1.69 bits per heavy atom. The minimum atomic E-state index is -0.511. The van der Waals surface area contributed by atoms with Gasteiger partial charge >= 0.3 is 0 Å². The standard InChI is InChI=1S/C10H14N4O2/c1-7(16-5-9(12)15)8-3-2-4-10(14-8)13-6-11/h2-4,6-7H,5H2,1H3,(H2,12,15)(H2,11,13,14). The van der Waals surface area contributed by atoms with Gasteiger partial charge in [-0.05, 0) is 19.1 Å². The number of hydrogen-bond acceptors (Lipinski definition) is 4. The molecule has 6 heteroatoms. The monoisotopic (exact) mass is 222 g/mol. The maximum absolute atomic E-state index is 10.5. The highest BCUT2D eigenvalue weighted by atomic mass is 16.5. The molecule has 1 aromatic heterocycles. The first-order valence-corrected chi connectivity index (χ1v) is 4.74. The number of primary amides is 1. The van der Waals surface area contributed by atoms with Crippen molar-refractivity contribution >= 4 is 18.1 Å². The molecular weight excluding hydrogens is 208 g/mol. The molecule has 1 rings (SSSR count). The van der Waals surface area contributed by atoms with Crippen LogP contribution in [0.2, 0.25) is 0 Å². The minimum absolute atomic E-state index is 0.132. The molecule has 86 valence electrons. The third kappa shape index (κ3) is 3.66. The molecule has 0 saturated heterocycles. The number of hydrogen-bond donors (Lipinski definition) is 2. The zero-order chi connectivity index (χ0) is 12.0. The van der Waals surface area contributed by atoms with Crippen molar-refractivity contribution in [1.29, 1.82) is 0 Å². The maximum Gasteiger partial charge on any atom is 0.243 e. The summed E-state index contributed by atoms with van der Waals surface area (Å²) in [6, 6.07) is 5.28. The van der Waals surface area contributed by atoms with Gasteiger partial charge in [-0.1, -0.05) is 6.07 Å². The van der Waals surface area contributed by atoms with Crippen LogP contribution >= 0.6 is 0 Å². The van der Waals surface area contributed by atoms with Crippen molar-refractivity contribution < 1.29 is 9.53 Å². The van der Waals surface area contributed by atoms with Crippen LogP contribution in [0.5, 0.6) is 0 Å². The predicted octanol–water partition coefficient (Wildman–Crippen LogP) is 0.263. The van der Waals surface area contributed by atoms with Crippen molar-refractivity contribution in [3.8, 4) is 0 Å². The van der Waals surface area contributed by atoms with Crippen LogP contribution in [0.1, 0.15) is 18.7 Å². The molecule has 1 heterocycles. The van der Waals surface area contributed by atoms with Gasteiger partial charge in [0.1, 0.15) is 6.61 Å². The Bertz CT molecular complexity index is 392. The van der Waals surface area contributed by atoms with E-state index >= 15 is 0 Å². The van der Waals surface area contributed by atoms with Gasteiger partial charge in [-0.3, -0.25) is 4.79 Å². The molecule has 1 atom stereocenters. The molecule has 4 N–H and O–H groups in total. The molecule has 0 fully saturated rings. The summed E-state index contributed by atoms with van der Waals surface area (Å²) in [7, 11) is 0. The molecule has 1 aromatic rings. The highest BCUT2D eigenvalue weighted by Crippen LogP contribution is 2.17. The van der Waals surface area contributed by atoms with Crippen molar-refractivity contribution in [3.05, 3.63) is 23.9 Å². The molecule has 16 heavy (non-hydrogen) atoms. The summed E-state index contributed by atoms with van der Waals surface area (Å²) >= 11 is 0. The Balaban J connectivity index is 2.71. The Labute approximate surface area is 93.3 Å². The van der Waals surface area contributed by atoms with Gasteiger partial charge in [0.2, 0.25) is 5.91 Å². The van der Waals surface area contributed by atoms with Gasteiger partial charge in [0, 0.05) is 0 Å². The second-order valence-electron chi connectivity index (χ2n) is 3.12. The van der Waals surface area contributed by atoms with Gasteiger partial charge in [0.15, 0.2) is 5.82 Å². The van der Waals surface area contributed by atoms with E-state index in [9.17, 15) is 4.79 Å². The van der Waals surface area contributed by atoms with Gasteiger partial charge < -0.3 is 16.2 Å². The molecule has 0 aromatic carbocycles. The molecular formula is C10H14N4O2. The summed E-state index contributed by atoms with van der Waals surface area (Å²) in [5, 5.41) is 0. The average Bonchev–Trinajstić information content (AvgIpc) is 2.26. The van der Waals surface area contributed by atoms with Crippen molar-refractivity contribution in [2.45, 2.75) is 13.0 Å². The van der Waals surface area contributed by atoms with Crippen molar-refractivity contribution in [3.63, 3.8) is 0 Å². The van der Waals surface area contributed by atoms with Gasteiger partial charge in [0.05, 0.1) is 18.1 Å². The molecule has 1 amide bonds. The quantitative estimate of drug-likeness (QED) is 0.551. The lowest BCUT2D eigenvalue weighted by Crippen LogP contribution is -2.19. The second-order valence-corrected chi connectivity index (χ2v) is 3.12. The van der Waals surface area contributed by atoms with Gasteiger partial charge in [0.25, 0.3) is 0 Å². The summed E-state index contributed by atoms with van der Waals surface area (Å²) in [6.07, 6.45) is 0.849. The largest absolute Gasteiger partial charge is 0.390 e. The fourth-order valence-electron chi connectivity index (χ4n) is 1.11. The zero-order valence-electron chi connectivity index (χ0n) is 8.96. The molecule has 0 aliphatic rings. The summed E-state index contributed by atoms with van der Waals surface area (Å²) < 4.78 is 5.20. The fraction of sp³-hybridized carbons (Fsp3) is 0.300. The lowest BCUT2D eigenvalue weighted by atomic mass is 10.2. The highest BCUT2D eigenvalue weighted by molar-refractivity contribution is 5.75. The molecule has 0 aliphatic heterocycles. The predicted molar refractivity (Wildman–Crippen MR) is 60.1 cm³/mol. The SMILES string of the molecule is CC(OCC(N)=O)c1cccc(/N=C\N)n1. The van der Waals surface area contributed by atoms with E-state index in [-0.39, 0.29) is 12.7 Å². The number of carbonyl (C=O) groups is 1. The average molecular weight is 222 g/mol. The highest BCUT2D eigenvalue weighted by Gasteiger charge is 2.08. The molecule has 0 bridgehead atoms. The van der Waals surface area contributed by atoms with Gasteiger partial charge in [-0.15, -0.1) is 0 Å². The van der Waals surface area contributed by atoms with E-state index < -0.39 is 5.91 Å². The lowest BCUT2D eigenvalue weighted by Gasteiger charge is -2.11. The summed E-state index contributed by atoms with van der Waals surface area (Å²) in [5.41, 5.74) is 10.8. The number of carbonyl (C=O) groups excluding carboxylic acids is 1.